The summed E-state index contributed by atoms with van der Waals surface area (Å²) in [5.41, 5.74) is 10.6. The number of hydrogen-bond acceptors (Lipinski definition) is 5. The second kappa shape index (κ2) is 4.81. The summed E-state index contributed by atoms with van der Waals surface area (Å²) in [7, 11) is 0. The highest BCUT2D eigenvalue weighted by Gasteiger charge is 2.32. The van der Waals surface area contributed by atoms with E-state index in [2.05, 4.69) is 0 Å². The van der Waals surface area contributed by atoms with Gasteiger partial charge >= 0.3 is 5.69 Å². The second-order valence-corrected chi connectivity index (χ2v) is 4.43. The average molecular weight is 268 g/mol. The van der Waals surface area contributed by atoms with Gasteiger partial charge in [-0.05, 0) is 12.5 Å². The van der Waals surface area contributed by atoms with Crippen LogP contribution in [0.2, 0.25) is 0 Å². The fourth-order valence-corrected chi connectivity index (χ4v) is 2.11. The number of amides is 1. The number of carbonyl (C=O) groups is 1. The summed E-state index contributed by atoms with van der Waals surface area (Å²) in [6.45, 7) is 0.689. The van der Waals surface area contributed by atoms with Gasteiger partial charge in [0.05, 0.1) is 16.3 Å². The molecule has 1 unspecified atom stereocenters. The third-order valence-corrected chi connectivity index (χ3v) is 3.12. The van der Waals surface area contributed by atoms with E-state index in [9.17, 15) is 19.3 Å². The van der Waals surface area contributed by atoms with E-state index in [4.69, 9.17) is 11.5 Å². The molecule has 1 atom stereocenters. The summed E-state index contributed by atoms with van der Waals surface area (Å²) < 4.78 is 13.6. The van der Waals surface area contributed by atoms with Gasteiger partial charge in [-0.25, -0.2) is 0 Å². The Morgan fingerprint density at radius 2 is 2.21 bits per heavy atom. The molecular formula is C11H13FN4O3. The van der Waals surface area contributed by atoms with E-state index in [1.807, 2.05) is 0 Å². The minimum Gasteiger partial charge on any atom is -0.397 e. The van der Waals surface area contributed by atoms with Crippen LogP contribution in [0.25, 0.3) is 0 Å². The average Bonchev–Trinajstić information content (AvgIpc) is 2.72. The van der Waals surface area contributed by atoms with E-state index < -0.39 is 16.4 Å². The summed E-state index contributed by atoms with van der Waals surface area (Å²) in [4.78, 5) is 22.8. The maximum Gasteiger partial charge on any atom is 0.306 e. The third-order valence-electron chi connectivity index (χ3n) is 3.12. The van der Waals surface area contributed by atoms with Crippen molar-refractivity contribution in [1.29, 1.82) is 0 Å². The number of hydrogen-bond donors (Lipinski definition) is 2. The Labute approximate surface area is 108 Å². The molecule has 1 saturated heterocycles. The Balaban J connectivity index is 2.39. The number of carbonyl (C=O) groups excluding carboxylic acids is 1. The summed E-state index contributed by atoms with van der Waals surface area (Å²) in [6.07, 6.45) is 0.272. The van der Waals surface area contributed by atoms with Gasteiger partial charge in [0.15, 0.2) is 0 Å². The Hall–Kier alpha value is -2.22. The molecule has 0 aromatic heterocycles. The smallest absolute Gasteiger partial charge is 0.306 e. The molecule has 1 aliphatic rings. The first-order chi connectivity index (χ1) is 8.93. The Bertz CT molecular complexity index is 549. The molecule has 4 N–H and O–H groups in total. The predicted molar refractivity (Wildman–Crippen MR) is 67.0 cm³/mol. The van der Waals surface area contributed by atoms with Crippen molar-refractivity contribution in [2.75, 3.05) is 23.7 Å². The van der Waals surface area contributed by atoms with Crippen molar-refractivity contribution in [2.45, 2.75) is 6.42 Å². The fourth-order valence-electron chi connectivity index (χ4n) is 2.11. The largest absolute Gasteiger partial charge is 0.397 e. The van der Waals surface area contributed by atoms with E-state index in [-0.39, 0.29) is 29.6 Å². The normalized spacial score (nSPS) is 18.9. The molecule has 1 heterocycles. The maximum atomic E-state index is 13.6. The van der Waals surface area contributed by atoms with Crippen LogP contribution in [-0.4, -0.2) is 23.9 Å². The number of nitro benzene ring substituents is 1. The van der Waals surface area contributed by atoms with Crippen molar-refractivity contribution < 1.29 is 14.1 Å². The quantitative estimate of drug-likeness (QED) is 0.474. The van der Waals surface area contributed by atoms with Gasteiger partial charge in [0.25, 0.3) is 0 Å². The highest BCUT2D eigenvalue weighted by atomic mass is 19.1. The summed E-state index contributed by atoms with van der Waals surface area (Å²) in [6, 6.07) is 1.85. The molecule has 1 fully saturated rings. The Morgan fingerprint density at radius 3 is 2.74 bits per heavy atom. The predicted octanol–water partition coefficient (Wildman–Crippen LogP) is 0.628. The monoisotopic (exact) mass is 268 g/mol. The van der Waals surface area contributed by atoms with Gasteiger partial charge in [-0.3, -0.25) is 14.9 Å². The molecule has 7 nitrogen and oxygen atoms in total. The summed E-state index contributed by atoms with van der Waals surface area (Å²) in [5.74, 6) is -1.24. The van der Waals surface area contributed by atoms with Crippen molar-refractivity contribution in [3.63, 3.8) is 0 Å². The SMILES string of the molecule is NCC1CC(=O)N(c2cc(F)c([N+](=O)[O-])cc2N)C1. The molecule has 0 radical (unpaired) electrons. The molecule has 1 aliphatic heterocycles. The number of nitrogens with two attached hydrogens (primary N) is 2. The van der Waals surface area contributed by atoms with Crippen molar-refractivity contribution in [3.8, 4) is 0 Å². The van der Waals surface area contributed by atoms with Crippen LogP contribution in [0.15, 0.2) is 12.1 Å². The fraction of sp³-hybridized carbons (Fsp3) is 0.364. The number of halogens is 1. The second-order valence-electron chi connectivity index (χ2n) is 4.43. The van der Waals surface area contributed by atoms with Gasteiger partial charge in [-0.1, -0.05) is 0 Å². The molecule has 1 amide bonds. The van der Waals surface area contributed by atoms with E-state index in [1.165, 1.54) is 4.90 Å². The van der Waals surface area contributed by atoms with Gasteiger partial charge in [-0.15, -0.1) is 0 Å². The number of anilines is 2. The lowest BCUT2D eigenvalue weighted by Gasteiger charge is -2.18. The molecule has 0 bridgehead atoms. The van der Waals surface area contributed by atoms with E-state index in [0.29, 0.717) is 13.1 Å². The lowest BCUT2D eigenvalue weighted by Crippen LogP contribution is -2.26. The van der Waals surface area contributed by atoms with Crippen molar-refractivity contribution >= 4 is 23.0 Å². The Kier molecular flexibility index (Phi) is 3.34. The first-order valence-electron chi connectivity index (χ1n) is 5.68. The van der Waals surface area contributed by atoms with Crippen molar-refractivity contribution in [1.82, 2.24) is 0 Å². The highest BCUT2D eigenvalue weighted by Crippen LogP contribution is 2.33. The zero-order valence-electron chi connectivity index (χ0n) is 10.0. The lowest BCUT2D eigenvalue weighted by atomic mass is 10.1. The number of rotatable bonds is 3. The van der Waals surface area contributed by atoms with Crippen molar-refractivity contribution in [2.24, 2.45) is 11.7 Å². The van der Waals surface area contributed by atoms with Crippen LogP contribution in [0.5, 0.6) is 0 Å². The summed E-state index contributed by atoms with van der Waals surface area (Å²) >= 11 is 0. The van der Waals surface area contributed by atoms with Crippen LogP contribution in [0.1, 0.15) is 6.42 Å². The molecule has 0 aliphatic carbocycles. The zero-order valence-corrected chi connectivity index (χ0v) is 10.0. The zero-order chi connectivity index (χ0) is 14.2. The molecule has 8 heteroatoms. The maximum absolute atomic E-state index is 13.6. The molecule has 0 spiro atoms. The van der Waals surface area contributed by atoms with Crippen LogP contribution >= 0.6 is 0 Å². The number of nitro groups is 1. The van der Waals surface area contributed by atoms with Crippen molar-refractivity contribution in [3.05, 3.63) is 28.1 Å². The van der Waals surface area contributed by atoms with Gasteiger partial charge in [0, 0.05) is 25.1 Å². The lowest BCUT2D eigenvalue weighted by molar-refractivity contribution is -0.387. The van der Waals surface area contributed by atoms with Crippen LogP contribution in [0.4, 0.5) is 21.5 Å². The third kappa shape index (κ3) is 2.34. The van der Waals surface area contributed by atoms with Gasteiger partial charge < -0.3 is 16.4 Å². The van der Waals surface area contributed by atoms with Crippen LogP contribution in [0.3, 0.4) is 0 Å². The molecular weight excluding hydrogens is 255 g/mol. The molecule has 2 rings (SSSR count). The molecule has 1 aromatic rings. The molecule has 19 heavy (non-hydrogen) atoms. The number of nitrogens with zero attached hydrogens (tertiary/aromatic N) is 2. The minimum atomic E-state index is -1.02. The van der Waals surface area contributed by atoms with E-state index >= 15 is 0 Å². The van der Waals surface area contributed by atoms with Crippen LogP contribution in [-0.2, 0) is 4.79 Å². The van der Waals surface area contributed by atoms with Gasteiger partial charge in [-0.2, -0.15) is 4.39 Å². The van der Waals surface area contributed by atoms with Gasteiger partial charge in [0.2, 0.25) is 11.7 Å². The molecule has 0 saturated carbocycles. The highest BCUT2D eigenvalue weighted by molar-refractivity contribution is 5.98. The first kappa shape index (κ1) is 13.2. The number of benzene rings is 1. The Morgan fingerprint density at radius 1 is 1.53 bits per heavy atom. The first-order valence-corrected chi connectivity index (χ1v) is 5.68. The summed E-state index contributed by atoms with van der Waals surface area (Å²) in [5, 5.41) is 10.6. The number of nitrogen functional groups attached to an aromatic ring is 1. The van der Waals surface area contributed by atoms with E-state index in [1.54, 1.807) is 0 Å². The molecule has 102 valence electrons. The minimum absolute atomic E-state index is 0.000813. The molecule has 1 aromatic carbocycles. The topological polar surface area (TPSA) is 115 Å². The standard InChI is InChI=1S/C11H13FN4O3/c12-7-2-10(8(14)3-9(7)16(18)19)15-5-6(4-13)1-11(15)17/h2-3,6H,1,4-5,13-14H2. The van der Waals surface area contributed by atoms with Gasteiger partial charge in [0.1, 0.15) is 0 Å². The van der Waals surface area contributed by atoms with Crippen LogP contribution in [0, 0.1) is 21.8 Å². The van der Waals surface area contributed by atoms with Crippen LogP contribution < -0.4 is 16.4 Å². The van der Waals surface area contributed by atoms with E-state index in [0.717, 1.165) is 12.1 Å².